The van der Waals surface area contributed by atoms with Crippen LogP contribution in [0.4, 0.5) is 5.82 Å². The van der Waals surface area contributed by atoms with E-state index in [1.165, 1.54) is 6.08 Å². The zero-order chi connectivity index (χ0) is 14.7. The van der Waals surface area contributed by atoms with Crippen molar-refractivity contribution in [1.29, 1.82) is 0 Å². The smallest absolute Gasteiger partial charge is 0.249 e. The second kappa shape index (κ2) is 5.63. The lowest BCUT2D eigenvalue weighted by molar-refractivity contribution is -0.111. The topological polar surface area (TPSA) is 55.1 Å². The third-order valence-electron chi connectivity index (χ3n) is 3.01. The molecule has 0 saturated carbocycles. The van der Waals surface area contributed by atoms with Crippen molar-refractivity contribution in [1.82, 2.24) is 4.98 Å². The third-order valence-corrected chi connectivity index (χ3v) is 3.01. The first-order valence-corrected chi connectivity index (χ1v) is 6.61. The highest BCUT2D eigenvalue weighted by molar-refractivity contribution is 6.01. The number of hydrogen-bond acceptors (Lipinski definition) is 3. The Hall–Kier alpha value is -2.88. The zero-order valence-electron chi connectivity index (χ0n) is 11.5. The summed E-state index contributed by atoms with van der Waals surface area (Å²) in [7, 11) is 0. The maximum Gasteiger partial charge on any atom is 0.249 e. The Balaban J connectivity index is 1.71. The molecule has 3 aromatic rings. The monoisotopic (exact) mass is 278 g/mol. The van der Waals surface area contributed by atoms with Crippen LogP contribution >= 0.6 is 0 Å². The van der Waals surface area contributed by atoms with Gasteiger partial charge in [0.25, 0.3) is 0 Å². The van der Waals surface area contributed by atoms with Crippen LogP contribution in [0.1, 0.15) is 11.3 Å². The van der Waals surface area contributed by atoms with Crippen LogP contribution in [0.15, 0.2) is 59.2 Å². The molecule has 0 spiro atoms. The fourth-order valence-corrected chi connectivity index (χ4v) is 2.01. The molecule has 0 atom stereocenters. The number of fused-ring (bicyclic) bond motifs is 1. The minimum atomic E-state index is -0.242. The fraction of sp³-hybridized carbons (Fsp3) is 0.0588. The predicted octanol–water partition coefficient (Wildman–Crippen LogP) is 3.79. The Morgan fingerprint density at radius 2 is 2.10 bits per heavy atom. The van der Waals surface area contributed by atoms with Crippen molar-refractivity contribution in [2.45, 2.75) is 6.92 Å². The molecule has 0 unspecified atom stereocenters. The minimum absolute atomic E-state index is 0.242. The standard InChI is InChI=1S/C17H14N2O2/c1-12-8-9-18-16(10-12)19-17(20)7-6-14-11-13-4-2-3-5-15(13)21-14/h2-11H,1H3,(H,18,19,20)/b7-6+. The second-order valence-electron chi connectivity index (χ2n) is 4.73. The lowest BCUT2D eigenvalue weighted by Crippen LogP contribution is -2.09. The minimum Gasteiger partial charge on any atom is -0.457 e. The molecular weight excluding hydrogens is 264 g/mol. The van der Waals surface area contributed by atoms with Crippen molar-refractivity contribution in [3.8, 4) is 0 Å². The van der Waals surface area contributed by atoms with Crippen LogP contribution in [0.2, 0.25) is 0 Å². The molecule has 2 aromatic heterocycles. The molecule has 0 radical (unpaired) electrons. The molecule has 2 heterocycles. The van der Waals surface area contributed by atoms with E-state index in [0.29, 0.717) is 11.6 Å². The number of furan rings is 1. The molecule has 4 heteroatoms. The van der Waals surface area contributed by atoms with E-state index in [2.05, 4.69) is 10.3 Å². The van der Waals surface area contributed by atoms with Crippen LogP contribution in [0.25, 0.3) is 17.0 Å². The van der Waals surface area contributed by atoms with Gasteiger partial charge in [-0.3, -0.25) is 4.79 Å². The number of rotatable bonds is 3. The average Bonchev–Trinajstić information content (AvgIpc) is 2.88. The van der Waals surface area contributed by atoms with Gasteiger partial charge in [-0.2, -0.15) is 0 Å². The van der Waals surface area contributed by atoms with E-state index in [-0.39, 0.29) is 5.91 Å². The molecule has 21 heavy (non-hydrogen) atoms. The van der Waals surface area contributed by atoms with Crippen LogP contribution in [-0.4, -0.2) is 10.9 Å². The molecule has 4 nitrogen and oxygen atoms in total. The normalized spacial score (nSPS) is 11.1. The van der Waals surface area contributed by atoms with E-state index in [0.717, 1.165) is 16.5 Å². The molecule has 0 aliphatic carbocycles. The number of nitrogens with zero attached hydrogens (tertiary/aromatic N) is 1. The summed E-state index contributed by atoms with van der Waals surface area (Å²) < 4.78 is 5.61. The van der Waals surface area contributed by atoms with Crippen LogP contribution in [0.3, 0.4) is 0 Å². The number of nitrogens with one attached hydrogen (secondary N) is 1. The molecule has 0 saturated heterocycles. The van der Waals surface area contributed by atoms with E-state index in [1.807, 2.05) is 49.4 Å². The van der Waals surface area contributed by atoms with Crippen molar-refractivity contribution in [3.05, 3.63) is 66.1 Å². The molecule has 0 fully saturated rings. The summed E-state index contributed by atoms with van der Waals surface area (Å²) in [6.07, 6.45) is 4.74. The number of aromatic nitrogens is 1. The van der Waals surface area contributed by atoms with Gasteiger partial charge in [0.15, 0.2) is 0 Å². The van der Waals surface area contributed by atoms with Crippen molar-refractivity contribution in [2.75, 3.05) is 5.32 Å². The van der Waals surface area contributed by atoms with Gasteiger partial charge in [0, 0.05) is 17.7 Å². The highest BCUT2D eigenvalue weighted by atomic mass is 16.3. The molecule has 1 amide bonds. The predicted molar refractivity (Wildman–Crippen MR) is 82.9 cm³/mol. The van der Waals surface area contributed by atoms with Gasteiger partial charge < -0.3 is 9.73 Å². The largest absolute Gasteiger partial charge is 0.457 e. The summed E-state index contributed by atoms with van der Waals surface area (Å²) in [5.74, 6) is 0.936. The Morgan fingerprint density at radius 1 is 1.24 bits per heavy atom. The maximum absolute atomic E-state index is 11.8. The van der Waals surface area contributed by atoms with Crippen LogP contribution in [0.5, 0.6) is 0 Å². The molecular formula is C17H14N2O2. The van der Waals surface area contributed by atoms with Crippen molar-refractivity contribution >= 4 is 28.8 Å². The van der Waals surface area contributed by atoms with Crippen LogP contribution < -0.4 is 5.32 Å². The number of pyridine rings is 1. The van der Waals surface area contributed by atoms with Crippen LogP contribution in [-0.2, 0) is 4.79 Å². The summed E-state index contributed by atoms with van der Waals surface area (Å²) in [6.45, 7) is 1.95. The van der Waals surface area contributed by atoms with E-state index in [9.17, 15) is 4.79 Å². The van der Waals surface area contributed by atoms with Gasteiger partial charge in [-0.1, -0.05) is 18.2 Å². The summed E-state index contributed by atoms with van der Waals surface area (Å²) in [5, 5.41) is 3.72. The fourth-order valence-electron chi connectivity index (χ4n) is 2.01. The van der Waals surface area contributed by atoms with Gasteiger partial charge in [0.2, 0.25) is 5.91 Å². The lowest BCUT2D eigenvalue weighted by Gasteiger charge is -2.01. The Kier molecular flexibility index (Phi) is 3.51. The Labute approximate surface area is 122 Å². The number of para-hydroxylation sites is 1. The molecule has 3 rings (SSSR count). The number of benzene rings is 1. The molecule has 0 aliphatic heterocycles. The molecule has 0 aliphatic rings. The Bertz CT molecular complexity index is 785. The highest BCUT2D eigenvalue weighted by Crippen LogP contribution is 2.19. The summed E-state index contributed by atoms with van der Waals surface area (Å²) in [4.78, 5) is 15.9. The number of carbonyl (C=O) groups is 1. The van der Waals surface area contributed by atoms with Gasteiger partial charge in [0.1, 0.15) is 17.2 Å². The van der Waals surface area contributed by atoms with Crippen molar-refractivity contribution in [2.24, 2.45) is 0 Å². The van der Waals surface area contributed by atoms with Gasteiger partial charge in [-0.15, -0.1) is 0 Å². The van der Waals surface area contributed by atoms with E-state index >= 15 is 0 Å². The molecule has 104 valence electrons. The van der Waals surface area contributed by atoms with E-state index in [1.54, 1.807) is 12.3 Å². The molecule has 0 bridgehead atoms. The van der Waals surface area contributed by atoms with Gasteiger partial charge in [-0.05, 0) is 42.8 Å². The summed E-state index contributed by atoms with van der Waals surface area (Å²) in [5.41, 5.74) is 1.85. The first kappa shape index (κ1) is 13.1. The lowest BCUT2D eigenvalue weighted by atomic mass is 10.2. The maximum atomic E-state index is 11.8. The first-order valence-electron chi connectivity index (χ1n) is 6.61. The SMILES string of the molecule is Cc1ccnc(NC(=O)/C=C/c2cc3ccccc3o2)c1. The Morgan fingerprint density at radius 3 is 2.90 bits per heavy atom. The summed E-state index contributed by atoms with van der Waals surface area (Å²) >= 11 is 0. The number of hydrogen-bond donors (Lipinski definition) is 1. The number of aryl methyl sites for hydroxylation is 1. The van der Waals surface area contributed by atoms with Crippen molar-refractivity contribution < 1.29 is 9.21 Å². The van der Waals surface area contributed by atoms with Gasteiger partial charge >= 0.3 is 0 Å². The van der Waals surface area contributed by atoms with E-state index < -0.39 is 0 Å². The van der Waals surface area contributed by atoms with E-state index in [4.69, 9.17) is 4.42 Å². The average molecular weight is 278 g/mol. The van der Waals surface area contributed by atoms with Gasteiger partial charge in [0.05, 0.1) is 0 Å². The second-order valence-corrected chi connectivity index (χ2v) is 4.73. The summed E-state index contributed by atoms with van der Waals surface area (Å²) in [6, 6.07) is 13.3. The number of anilines is 1. The highest BCUT2D eigenvalue weighted by Gasteiger charge is 2.02. The quantitative estimate of drug-likeness (QED) is 0.742. The number of carbonyl (C=O) groups excluding carboxylic acids is 1. The molecule has 1 aromatic carbocycles. The van der Waals surface area contributed by atoms with Crippen molar-refractivity contribution in [3.63, 3.8) is 0 Å². The molecule has 1 N–H and O–H groups in total. The van der Waals surface area contributed by atoms with Gasteiger partial charge in [-0.25, -0.2) is 4.98 Å². The number of amides is 1. The third kappa shape index (κ3) is 3.17. The first-order chi connectivity index (χ1) is 10.2. The zero-order valence-corrected chi connectivity index (χ0v) is 11.5. The van der Waals surface area contributed by atoms with Crippen LogP contribution in [0, 0.1) is 6.92 Å².